The molecule has 1 nitrogen and oxygen atoms in total. The first-order valence-corrected chi connectivity index (χ1v) is 11.7. The molecule has 0 saturated heterocycles. The van der Waals surface area contributed by atoms with E-state index in [0.29, 0.717) is 9.54 Å². The van der Waals surface area contributed by atoms with Crippen molar-refractivity contribution in [2.45, 2.75) is 30.3 Å². The van der Waals surface area contributed by atoms with E-state index in [1.54, 1.807) is 0 Å². The van der Waals surface area contributed by atoms with Gasteiger partial charge in [0.05, 0.1) is 0 Å². The van der Waals surface area contributed by atoms with E-state index in [-0.39, 0.29) is 24.8 Å². The summed E-state index contributed by atoms with van der Waals surface area (Å²) in [7, 11) is 0. The molecule has 2 aromatic rings. The summed E-state index contributed by atoms with van der Waals surface area (Å²) >= 11 is 3.42. The molecule has 0 N–H and O–H groups in total. The van der Waals surface area contributed by atoms with Crippen molar-refractivity contribution in [1.29, 1.82) is 0 Å². The monoisotopic (exact) mass is 519 g/mol. The third kappa shape index (κ3) is 5.50. The van der Waals surface area contributed by atoms with Crippen LogP contribution in [0.5, 0.6) is 0 Å². The molecule has 2 unspecified atom stereocenters. The molecule has 0 saturated carbocycles. The van der Waals surface area contributed by atoms with Crippen molar-refractivity contribution in [1.82, 2.24) is 0 Å². The Hall–Kier alpha value is -0.727. The number of hydrogen-bond acceptors (Lipinski definition) is 2. The largest absolute Gasteiger partial charge is 1.00 e. The molecule has 5 heteroatoms. The van der Waals surface area contributed by atoms with Crippen molar-refractivity contribution in [3.63, 3.8) is 0 Å². The number of rotatable bonds is 3. The minimum absolute atomic E-state index is 0. The quantitative estimate of drug-likeness (QED) is 0.600. The molecule has 0 radical (unpaired) electrons. The van der Waals surface area contributed by atoms with Crippen molar-refractivity contribution >= 4 is 23.4 Å². The number of benzene rings is 1. The van der Waals surface area contributed by atoms with Crippen molar-refractivity contribution in [3.8, 4) is 0 Å². The van der Waals surface area contributed by atoms with Gasteiger partial charge in [-0.25, -0.2) is 0 Å². The Morgan fingerprint density at radius 2 is 1.90 bits per heavy atom. The van der Waals surface area contributed by atoms with Gasteiger partial charge in [0, 0.05) is 10.8 Å². The minimum atomic E-state index is 0. The number of thioether (sulfide) groups is 1. The number of hydrogen-bond donors (Lipinski definition) is 0. The van der Waals surface area contributed by atoms with Gasteiger partial charge in [-0.2, -0.15) is 0 Å². The molecule has 5 rings (SSSR count). The molecule has 1 aliphatic heterocycles. The van der Waals surface area contributed by atoms with Crippen LogP contribution in [-0.2, 0) is 31.1 Å². The van der Waals surface area contributed by atoms with Crippen molar-refractivity contribution in [2.75, 3.05) is 0 Å². The van der Waals surface area contributed by atoms with E-state index in [4.69, 9.17) is 4.42 Å². The van der Waals surface area contributed by atoms with E-state index in [0.717, 1.165) is 24.4 Å². The van der Waals surface area contributed by atoms with Crippen LogP contribution in [0.1, 0.15) is 46.5 Å². The first-order chi connectivity index (χ1) is 13.2. The van der Waals surface area contributed by atoms with Crippen LogP contribution in [0.25, 0.3) is 11.6 Å². The Bertz CT molecular complexity index is 971. The fourth-order valence-corrected chi connectivity index (χ4v) is 5.86. The van der Waals surface area contributed by atoms with Gasteiger partial charge in [0.15, 0.2) is 0 Å². The van der Waals surface area contributed by atoms with Crippen LogP contribution in [0.3, 0.4) is 0 Å². The average molecular weight is 522 g/mol. The van der Waals surface area contributed by atoms with Crippen LogP contribution in [0.4, 0.5) is 0 Å². The number of halogens is 2. The molecule has 2 heterocycles. The third-order valence-electron chi connectivity index (χ3n) is 4.97. The second-order valence-electron chi connectivity index (χ2n) is 7.04. The SMILES string of the molecule is CC1=CC2C=CC=C2S1.CCCc1ccc(C2=Cc3ccccc3[CH]2[Zr+2])o1.[Cl-].[Cl-]. The maximum Gasteiger partial charge on any atom is -1.00 e. The molecule has 0 spiro atoms. The van der Waals surface area contributed by atoms with Gasteiger partial charge in [0.25, 0.3) is 0 Å². The van der Waals surface area contributed by atoms with E-state index in [9.17, 15) is 0 Å². The summed E-state index contributed by atoms with van der Waals surface area (Å²) < 4.78 is 6.48. The predicted octanol–water partition coefficient (Wildman–Crippen LogP) is 1.09. The molecular formula is C24H23Cl2OSZr. The summed E-state index contributed by atoms with van der Waals surface area (Å²) in [4.78, 5) is 2.93. The van der Waals surface area contributed by atoms with Crippen molar-refractivity contribution in [3.05, 3.63) is 93.2 Å². The first kappa shape index (κ1) is 24.5. The van der Waals surface area contributed by atoms with E-state index in [1.807, 2.05) is 11.8 Å². The van der Waals surface area contributed by atoms with Gasteiger partial charge in [-0.05, 0) is 11.8 Å². The van der Waals surface area contributed by atoms with Gasteiger partial charge >= 0.3 is 123 Å². The maximum atomic E-state index is 5.96. The molecule has 0 bridgehead atoms. The van der Waals surface area contributed by atoms with Gasteiger partial charge in [0.2, 0.25) is 0 Å². The molecule has 1 aromatic heterocycles. The molecular weight excluding hydrogens is 498 g/mol. The van der Waals surface area contributed by atoms with Crippen molar-refractivity contribution in [2.24, 2.45) is 5.92 Å². The first-order valence-electron chi connectivity index (χ1n) is 9.51. The second-order valence-corrected chi connectivity index (χ2v) is 9.78. The zero-order valence-electron chi connectivity index (χ0n) is 16.5. The normalized spacial score (nSPS) is 20.3. The topological polar surface area (TPSA) is 13.1 Å². The van der Waals surface area contributed by atoms with E-state index in [1.165, 1.54) is 51.2 Å². The zero-order valence-corrected chi connectivity index (χ0v) is 21.3. The average Bonchev–Trinajstić information content (AvgIpc) is 3.41. The number of aryl methyl sites for hydroxylation is 1. The van der Waals surface area contributed by atoms with Crippen LogP contribution in [0.15, 0.2) is 74.9 Å². The van der Waals surface area contributed by atoms with E-state index in [2.05, 4.69) is 80.6 Å². The smallest absolute Gasteiger partial charge is 1.00 e. The molecule has 0 amide bonds. The molecule has 0 fully saturated rings. The molecule has 149 valence electrons. The summed E-state index contributed by atoms with van der Waals surface area (Å²) in [6, 6.07) is 12.9. The van der Waals surface area contributed by atoms with E-state index >= 15 is 0 Å². The molecule has 3 aliphatic rings. The van der Waals surface area contributed by atoms with Crippen LogP contribution in [-0.4, -0.2) is 0 Å². The van der Waals surface area contributed by atoms with Gasteiger partial charge in [-0.1, -0.05) is 36.1 Å². The Kier molecular flexibility index (Phi) is 9.35. The predicted molar refractivity (Wildman–Crippen MR) is 112 cm³/mol. The maximum absolute atomic E-state index is 5.96. The minimum Gasteiger partial charge on any atom is -1.00 e. The van der Waals surface area contributed by atoms with Gasteiger partial charge in [-0.15, -0.1) is 0 Å². The summed E-state index contributed by atoms with van der Waals surface area (Å²) in [5.41, 5.74) is 4.14. The molecule has 29 heavy (non-hydrogen) atoms. The summed E-state index contributed by atoms with van der Waals surface area (Å²) in [6.45, 7) is 4.34. The van der Waals surface area contributed by atoms with Crippen molar-refractivity contribution < 1.29 is 54.0 Å². The van der Waals surface area contributed by atoms with Gasteiger partial charge in [-0.3, -0.25) is 0 Å². The standard InChI is InChI=1S/C16H15O.C8H8S.2ClH.Zr/c1-2-5-15-8-9-16(17-15)14-10-12-6-3-4-7-13(12)11-14;1-6-5-7-3-2-4-8(7)9-6;;;/h3-4,6-11H,2,5H2,1H3;2-5,7H,1H3;2*1H;/q;;;;+2/p-2. The number of furan rings is 1. The summed E-state index contributed by atoms with van der Waals surface area (Å²) in [5.74, 6) is 2.79. The molecule has 2 atom stereocenters. The van der Waals surface area contributed by atoms with Gasteiger partial charge < -0.3 is 24.8 Å². The van der Waals surface area contributed by atoms with E-state index < -0.39 is 0 Å². The van der Waals surface area contributed by atoms with Crippen LogP contribution >= 0.6 is 11.8 Å². The Morgan fingerprint density at radius 3 is 2.62 bits per heavy atom. The molecule has 1 aromatic carbocycles. The van der Waals surface area contributed by atoms with Gasteiger partial charge in [0.1, 0.15) is 0 Å². The second kappa shape index (κ2) is 11.1. The zero-order chi connectivity index (χ0) is 18.8. The third-order valence-corrected chi connectivity index (χ3v) is 7.60. The number of allylic oxidation sites excluding steroid dienone is 7. The molecule has 2 aliphatic carbocycles. The Morgan fingerprint density at radius 1 is 1.10 bits per heavy atom. The number of fused-ring (bicyclic) bond motifs is 2. The fraction of sp³-hybridized carbons (Fsp3) is 0.250. The summed E-state index contributed by atoms with van der Waals surface area (Å²) in [5, 5.41) is 0. The fourth-order valence-electron chi connectivity index (χ4n) is 3.64. The van der Waals surface area contributed by atoms with Crippen LogP contribution < -0.4 is 24.8 Å². The Balaban J connectivity index is 0.000000232. The summed E-state index contributed by atoms with van der Waals surface area (Å²) in [6.07, 6.45) is 13.3. The Labute approximate surface area is 205 Å². The van der Waals surface area contributed by atoms with Crippen LogP contribution in [0.2, 0.25) is 0 Å². The van der Waals surface area contributed by atoms with Crippen LogP contribution in [0, 0.1) is 5.92 Å².